The van der Waals surface area contributed by atoms with E-state index in [2.05, 4.69) is 9.97 Å². The number of aromatic amines is 1. The van der Waals surface area contributed by atoms with Gasteiger partial charge in [0.05, 0.1) is 11.9 Å². The largest absolute Gasteiger partial charge is 0.442 e. The Balaban J connectivity index is 2.01. The van der Waals surface area contributed by atoms with Gasteiger partial charge in [-0.1, -0.05) is 29.8 Å². The summed E-state index contributed by atoms with van der Waals surface area (Å²) in [6.07, 6.45) is 4.29. The Morgan fingerprint density at radius 3 is 2.77 bits per heavy atom. The molecule has 0 spiro atoms. The molecule has 0 aliphatic heterocycles. The van der Waals surface area contributed by atoms with Gasteiger partial charge in [-0.3, -0.25) is 9.59 Å². The number of nitrogens with zero attached hydrogens (tertiary/aromatic N) is 1. The lowest BCUT2D eigenvalue weighted by Gasteiger charge is -1.95. The Morgan fingerprint density at radius 1 is 1.32 bits per heavy atom. The average Bonchev–Trinajstić information content (AvgIpc) is 2.84. The zero-order valence-electron chi connectivity index (χ0n) is 11.6. The van der Waals surface area contributed by atoms with Gasteiger partial charge in [0.15, 0.2) is 5.78 Å². The van der Waals surface area contributed by atoms with Crippen LogP contribution in [0.5, 0.6) is 0 Å². The number of carbonyl (C=O) groups excluding carboxylic acids is 1. The molecule has 0 unspecified atom stereocenters. The third kappa shape index (κ3) is 2.58. The average molecular weight is 315 g/mol. The molecule has 0 amide bonds. The molecule has 1 aromatic carbocycles. The minimum atomic E-state index is -0.398. The van der Waals surface area contributed by atoms with Crippen LogP contribution in [0.3, 0.4) is 0 Å². The monoisotopic (exact) mass is 314 g/mol. The second kappa shape index (κ2) is 5.61. The number of benzene rings is 1. The number of fused-ring (bicyclic) bond motifs is 1. The Morgan fingerprint density at radius 2 is 2.05 bits per heavy atom. The quantitative estimate of drug-likeness (QED) is 0.594. The smallest absolute Gasteiger partial charge is 0.262 e. The van der Waals surface area contributed by atoms with Crippen molar-refractivity contribution in [3.8, 4) is 0 Å². The second-order valence-electron chi connectivity index (χ2n) is 4.69. The number of allylic oxidation sites excluding steroid dienone is 1. The molecule has 3 rings (SSSR count). The summed E-state index contributed by atoms with van der Waals surface area (Å²) in [6, 6.07) is 7.05. The molecule has 0 fully saturated rings. The van der Waals surface area contributed by atoms with Crippen molar-refractivity contribution in [2.75, 3.05) is 0 Å². The molecule has 110 valence electrons. The van der Waals surface area contributed by atoms with Crippen LogP contribution in [0.25, 0.3) is 17.2 Å². The molecule has 0 saturated heterocycles. The van der Waals surface area contributed by atoms with Gasteiger partial charge in [-0.25, -0.2) is 4.98 Å². The number of rotatable bonds is 3. The van der Waals surface area contributed by atoms with Crippen molar-refractivity contribution in [3.63, 3.8) is 0 Å². The highest BCUT2D eigenvalue weighted by Crippen LogP contribution is 2.21. The van der Waals surface area contributed by atoms with Crippen molar-refractivity contribution >= 4 is 34.6 Å². The Hall–Kier alpha value is -2.66. The van der Waals surface area contributed by atoms with Crippen LogP contribution in [0.1, 0.15) is 21.7 Å². The van der Waals surface area contributed by atoms with Gasteiger partial charge in [-0.15, -0.1) is 0 Å². The van der Waals surface area contributed by atoms with E-state index in [0.717, 1.165) is 5.56 Å². The maximum Gasteiger partial charge on any atom is 0.262 e. The molecule has 0 aliphatic rings. The number of aryl methyl sites for hydroxylation is 1. The molecule has 22 heavy (non-hydrogen) atoms. The Labute approximate surface area is 130 Å². The van der Waals surface area contributed by atoms with Crippen LogP contribution in [-0.2, 0) is 0 Å². The van der Waals surface area contributed by atoms with Gasteiger partial charge >= 0.3 is 0 Å². The van der Waals surface area contributed by atoms with Crippen molar-refractivity contribution in [1.29, 1.82) is 0 Å². The Bertz CT molecular complexity index is 936. The highest BCUT2D eigenvalue weighted by atomic mass is 35.5. The van der Waals surface area contributed by atoms with E-state index in [9.17, 15) is 9.59 Å². The maximum atomic E-state index is 12.4. The molecule has 0 atom stereocenters. The predicted molar refractivity (Wildman–Crippen MR) is 84.2 cm³/mol. The first-order valence-corrected chi connectivity index (χ1v) is 6.89. The fourth-order valence-corrected chi connectivity index (χ4v) is 2.31. The molecule has 1 N–H and O–H groups in total. The summed E-state index contributed by atoms with van der Waals surface area (Å²) >= 11 is 5.81. The number of H-pyrrole nitrogens is 1. The van der Waals surface area contributed by atoms with E-state index >= 15 is 0 Å². The van der Waals surface area contributed by atoms with E-state index in [1.807, 2.05) is 0 Å². The number of hydrogen-bond acceptors (Lipinski definition) is 4. The normalized spacial score (nSPS) is 11.4. The lowest BCUT2D eigenvalue weighted by atomic mass is 10.1. The van der Waals surface area contributed by atoms with Crippen molar-refractivity contribution in [2.45, 2.75) is 6.92 Å². The van der Waals surface area contributed by atoms with Crippen LogP contribution in [0.15, 0.2) is 45.9 Å². The molecule has 3 aromatic rings. The van der Waals surface area contributed by atoms with Crippen LogP contribution < -0.4 is 5.56 Å². The molecule has 0 bridgehead atoms. The molecule has 2 heterocycles. The van der Waals surface area contributed by atoms with E-state index in [4.69, 9.17) is 16.0 Å². The highest BCUT2D eigenvalue weighted by molar-refractivity contribution is 6.30. The lowest BCUT2D eigenvalue weighted by Crippen LogP contribution is -2.09. The number of hydrogen-bond donors (Lipinski definition) is 1. The fourth-order valence-electron chi connectivity index (χ4n) is 2.18. The lowest BCUT2D eigenvalue weighted by molar-refractivity contribution is 0.104. The number of furan rings is 1. The van der Waals surface area contributed by atoms with E-state index in [0.29, 0.717) is 10.8 Å². The predicted octanol–water partition coefficient (Wildman–Crippen LogP) is 3.37. The van der Waals surface area contributed by atoms with Gasteiger partial charge in [-0.2, -0.15) is 0 Å². The molecular formula is C16H11ClN2O3. The standard InChI is InChI=1S/C16H11ClN2O3/c1-9-13(14-15(21)18-8-19-16(14)22-9)12(20)7-4-10-2-5-11(17)6-3-10/h2-8H,1H3,(H,18,19,21)/b7-4+. The summed E-state index contributed by atoms with van der Waals surface area (Å²) in [5.41, 5.74) is 0.819. The summed E-state index contributed by atoms with van der Waals surface area (Å²) in [5.74, 6) is 0.0506. The van der Waals surface area contributed by atoms with Crippen LogP contribution in [0.2, 0.25) is 5.02 Å². The van der Waals surface area contributed by atoms with Crippen LogP contribution in [0, 0.1) is 6.92 Å². The topological polar surface area (TPSA) is 76.0 Å². The number of carbonyl (C=O) groups is 1. The number of halogens is 1. The van der Waals surface area contributed by atoms with E-state index in [1.165, 1.54) is 12.4 Å². The fraction of sp³-hybridized carbons (Fsp3) is 0.0625. The highest BCUT2D eigenvalue weighted by Gasteiger charge is 2.19. The van der Waals surface area contributed by atoms with Gasteiger partial charge in [0.25, 0.3) is 5.56 Å². The van der Waals surface area contributed by atoms with Crippen LogP contribution >= 0.6 is 11.6 Å². The van der Waals surface area contributed by atoms with Crippen LogP contribution in [0.4, 0.5) is 0 Å². The second-order valence-corrected chi connectivity index (χ2v) is 5.13. The third-order valence-electron chi connectivity index (χ3n) is 3.21. The molecule has 6 heteroatoms. The third-order valence-corrected chi connectivity index (χ3v) is 3.47. The first-order chi connectivity index (χ1) is 10.6. The van der Waals surface area contributed by atoms with E-state index < -0.39 is 5.56 Å². The van der Waals surface area contributed by atoms with Crippen molar-refractivity contribution < 1.29 is 9.21 Å². The molecule has 0 radical (unpaired) electrons. The van der Waals surface area contributed by atoms with E-state index in [1.54, 1.807) is 37.3 Å². The number of aromatic nitrogens is 2. The summed E-state index contributed by atoms with van der Waals surface area (Å²) < 4.78 is 5.37. The van der Waals surface area contributed by atoms with Crippen LogP contribution in [-0.4, -0.2) is 15.8 Å². The van der Waals surface area contributed by atoms with Gasteiger partial charge < -0.3 is 9.40 Å². The molecule has 2 aromatic heterocycles. The SMILES string of the molecule is Cc1oc2nc[nH]c(=O)c2c1C(=O)/C=C/c1ccc(Cl)cc1. The summed E-state index contributed by atoms with van der Waals surface area (Å²) in [5, 5.41) is 0.795. The van der Waals surface area contributed by atoms with Crippen molar-refractivity contribution in [2.24, 2.45) is 0 Å². The maximum absolute atomic E-state index is 12.4. The van der Waals surface area contributed by atoms with Crippen molar-refractivity contribution in [1.82, 2.24) is 9.97 Å². The molecule has 0 aliphatic carbocycles. The summed E-state index contributed by atoms with van der Waals surface area (Å²) in [7, 11) is 0. The van der Waals surface area contributed by atoms with Crippen molar-refractivity contribution in [3.05, 3.63) is 68.9 Å². The van der Waals surface area contributed by atoms with Gasteiger partial charge in [0.1, 0.15) is 11.1 Å². The zero-order chi connectivity index (χ0) is 15.7. The number of ketones is 1. The molecular weight excluding hydrogens is 304 g/mol. The zero-order valence-corrected chi connectivity index (χ0v) is 12.3. The van der Waals surface area contributed by atoms with Gasteiger partial charge in [0.2, 0.25) is 5.71 Å². The minimum Gasteiger partial charge on any atom is -0.442 e. The first-order valence-electron chi connectivity index (χ1n) is 6.51. The first kappa shape index (κ1) is 14.3. The molecule has 5 nitrogen and oxygen atoms in total. The number of nitrogens with one attached hydrogen (secondary N) is 1. The summed E-state index contributed by atoms with van der Waals surface area (Å²) in [6.45, 7) is 1.63. The Kier molecular flexibility index (Phi) is 3.65. The van der Waals surface area contributed by atoms with Gasteiger partial charge in [-0.05, 0) is 30.7 Å². The van der Waals surface area contributed by atoms with Gasteiger partial charge in [0, 0.05) is 5.02 Å². The minimum absolute atomic E-state index is 0.157. The van der Waals surface area contributed by atoms with E-state index in [-0.39, 0.29) is 22.4 Å². The molecule has 0 saturated carbocycles. The summed E-state index contributed by atoms with van der Waals surface area (Å²) in [4.78, 5) is 30.6.